The fraction of sp³-hybridized carbons (Fsp3) is 0.682. The normalized spacial score (nSPS) is 24.8. The number of benzene rings is 1. The van der Waals surface area contributed by atoms with Crippen molar-refractivity contribution in [3.8, 4) is 0 Å². The van der Waals surface area contributed by atoms with Crippen molar-refractivity contribution in [3.05, 3.63) is 34.2 Å². The highest BCUT2D eigenvalue weighted by atomic mass is 16.5. The molecule has 2 N–H and O–H groups in total. The summed E-state index contributed by atoms with van der Waals surface area (Å²) in [6.07, 6.45) is 5.23. The number of likely N-dealkylation sites (tertiary alicyclic amines) is 1. The van der Waals surface area contributed by atoms with Gasteiger partial charge in [-0.25, -0.2) is 4.79 Å². The lowest BCUT2D eigenvalue weighted by Gasteiger charge is -2.41. The standard InChI is InChI=1S/C22H33N5O2/c1-25-21-16(13-26-14-19(15-26)29-18-7-10-23-11-8-18)4-2-6-20(21)27(22(25)28)17-5-3-9-24-12-17/h2,4,6,17-19,23-24H,3,5,7-15H2,1H3. The number of rotatable bonds is 5. The number of ether oxygens (including phenoxy) is 1. The van der Waals surface area contributed by atoms with Gasteiger partial charge in [0.05, 0.1) is 29.3 Å². The van der Waals surface area contributed by atoms with Crippen LogP contribution in [0.1, 0.15) is 37.3 Å². The van der Waals surface area contributed by atoms with Crippen LogP contribution < -0.4 is 16.3 Å². The van der Waals surface area contributed by atoms with E-state index in [9.17, 15) is 4.79 Å². The van der Waals surface area contributed by atoms with Crippen molar-refractivity contribution in [2.45, 2.75) is 50.5 Å². The van der Waals surface area contributed by atoms with Crippen LogP contribution in [0.4, 0.5) is 0 Å². The first-order valence-electron chi connectivity index (χ1n) is 11.2. The van der Waals surface area contributed by atoms with Crippen molar-refractivity contribution in [1.29, 1.82) is 0 Å². The maximum Gasteiger partial charge on any atom is 0.329 e. The minimum Gasteiger partial charge on any atom is -0.372 e. The zero-order valence-electron chi connectivity index (χ0n) is 17.4. The molecule has 0 amide bonds. The number of nitrogens with one attached hydrogen (secondary N) is 2. The molecule has 3 aliphatic heterocycles. The third-order valence-corrected chi connectivity index (χ3v) is 6.81. The Kier molecular flexibility index (Phi) is 5.47. The summed E-state index contributed by atoms with van der Waals surface area (Å²) in [5, 5.41) is 6.84. The largest absolute Gasteiger partial charge is 0.372 e. The summed E-state index contributed by atoms with van der Waals surface area (Å²) in [7, 11) is 1.92. The molecule has 1 atom stereocenters. The van der Waals surface area contributed by atoms with Crippen molar-refractivity contribution >= 4 is 11.0 Å². The van der Waals surface area contributed by atoms with Gasteiger partial charge in [0.1, 0.15) is 0 Å². The quantitative estimate of drug-likeness (QED) is 0.792. The molecule has 1 unspecified atom stereocenters. The van der Waals surface area contributed by atoms with Crippen LogP contribution in [-0.2, 0) is 18.3 Å². The second-order valence-corrected chi connectivity index (χ2v) is 8.90. The molecule has 158 valence electrons. The number of aryl methyl sites for hydroxylation is 1. The van der Waals surface area contributed by atoms with Gasteiger partial charge in [-0.3, -0.25) is 14.0 Å². The molecule has 1 aromatic heterocycles. The van der Waals surface area contributed by atoms with Crippen molar-refractivity contribution in [2.24, 2.45) is 7.05 Å². The van der Waals surface area contributed by atoms with E-state index in [4.69, 9.17) is 4.74 Å². The molecule has 3 fully saturated rings. The summed E-state index contributed by atoms with van der Waals surface area (Å²) < 4.78 is 10.1. The van der Waals surface area contributed by atoms with Gasteiger partial charge in [-0.2, -0.15) is 0 Å². The van der Waals surface area contributed by atoms with Gasteiger partial charge in [-0.1, -0.05) is 12.1 Å². The van der Waals surface area contributed by atoms with Gasteiger partial charge < -0.3 is 15.4 Å². The predicted molar refractivity (Wildman–Crippen MR) is 114 cm³/mol. The molecule has 0 aliphatic carbocycles. The van der Waals surface area contributed by atoms with Crippen LogP contribution in [0.5, 0.6) is 0 Å². The Morgan fingerprint density at radius 3 is 2.66 bits per heavy atom. The number of piperidine rings is 2. The predicted octanol–water partition coefficient (Wildman–Crippen LogP) is 1.22. The van der Waals surface area contributed by atoms with Crippen molar-refractivity contribution in [3.63, 3.8) is 0 Å². The molecule has 7 heteroatoms. The van der Waals surface area contributed by atoms with Gasteiger partial charge in [-0.05, 0) is 56.9 Å². The van der Waals surface area contributed by atoms with E-state index in [-0.39, 0.29) is 11.7 Å². The topological polar surface area (TPSA) is 63.5 Å². The fourth-order valence-electron chi connectivity index (χ4n) is 5.24. The average molecular weight is 400 g/mol. The maximum absolute atomic E-state index is 13.0. The van der Waals surface area contributed by atoms with Crippen LogP contribution in [0, 0.1) is 0 Å². The Morgan fingerprint density at radius 2 is 1.90 bits per heavy atom. The highest BCUT2D eigenvalue weighted by molar-refractivity contribution is 5.80. The molecule has 1 aromatic carbocycles. The Hall–Kier alpha value is -1.67. The third kappa shape index (κ3) is 3.77. The van der Waals surface area contributed by atoms with E-state index in [2.05, 4.69) is 33.7 Å². The highest BCUT2D eigenvalue weighted by Gasteiger charge is 2.31. The van der Waals surface area contributed by atoms with Crippen molar-refractivity contribution < 1.29 is 4.74 Å². The van der Waals surface area contributed by atoms with Crippen molar-refractivity contribution in [2.75, 3.05) is 39.3 Å². The molecule has 0 radical (unpaired) electrons. The molecule has 0 bridgehead atoms. The van der Waals surface area contributed by atoms with Crippen LogP contribution in [0.15, 0.2) is 23.0 Å². The van der Waals surface area contributed by atoms with Crippen LogP contribution in [0.2, 0.25) is 0 Å². The van der Waals surface area contributed by atoms with Gasteiger partial charge >= 0.3 is 5.69 Å². The third-order valence-electron chi connectivity index (χ3n) is 6.81. The molecule has 0 spiro atoms. The van der Waals surface area contributed by atoms with Crippen LogP contribution in [0.25, 0.3) is 11.0 Å². The summed E-state index contributed by atoms with van der Waals surface area (Å²) >= 11 is 0. The van der Waals surface area contributed by atoms with Gasteiger partial charge in [0, 0.05) is 33.2 Å². The van der Waals surface area contributed by atoms with E-state index in [0.717, 1.165) is 82.5 Å². The summed E-state index contributed by atoms with van der Waals surface area (Å²) in [4.78, 5) is 15.5. The first kappa shape index (κ1) is 19.3. The highest BCUT2D eigenvalue weighted by Crippen LogP contribution is 2.26. The number of imidazole rings is 1. The second kappa shape index (κ2) is 8.22. The summed E-state index contributed by atoms with van der Waals surface area (Å²) in [5.41, 5.74) is 3.51. The van der Waals surface area contributed by atoms with Gasteiger partial charge in [0.25, 0.3) is 0 Å². The number of aromatic nitrogens is 2. The Morgan fingerprint density at radius 1 is 1.07 bits per heavy atom. The summed E-state index contributed by atoms with van der Waals surface area (Å²) in [6, 6.07) is 6.63. The zero-order valence-corrected chi connectivity index (χ0v) is 17.4. The molecule has 7 nitrogen and oxygen atoms in total. The molecular formula is C22H33N5O2. The number of nitrogens with zero attached hydrogens (tertiary/aromatic N) is 3. The smallest absolute Gasteiger partial charge is 0.329 e. The molecule has 5 rings (SSSR count). The monoisotopic (exact) mass is 399 g/mol. The Labute approximate surface area is 172 Å². The van der Waals surface area contributed by atoms with Crippen molar-refractivity contribution in [1.82, 2.24) is 24.7 Å². The van der Waals surface area contributed by atoms with E-state index in [1.165, 1.54) is 5.56 Å². The number of fused-ring (bicyclic) bond motifs is 1. The number of para-hydroxylation sites is 1. The lowest BCUT2D eigenvalue weighted by Crippen LogP contribution is -2.53. The van der Waals surface area contributed by atoms with Crippen LogP contribution in [-0.4, -0.2) is 65.5 Å². The molecule has 4 heterocycles. The second-order valence-electron chi connectivity index (χ2n) is 8.90. The fourth-order valence-corrected chi connectivity index (χ4v) is 5.24. The number of hydrogen-bond donors (Lipinski definition) is 2. The van der Waals surface area contributed by atoms with E-state index < -0.39 is 0 Å². The molecule has 29 heavy (non-hydrogen) atoms. The first-order valence-corrected chi connectivity index (χ1v) is 11.2. The van der Waals surface area contributed by atoms with Gasteiger partial charge in [0.15, 0.2) is 0 Å². The molecule has 0 saturated carbocycles. The minimum absolute atomic E-state index is 0.108. The molecular weight excluding hydrogens is 366 g/mol. The van der Waals surface area contributed by atoms with Gasteiger partial charge in [-0.15, -0.1) is 0 Å². The average Bonchev–Trinajstić information content (AvgIpc) is 2.99. The summed E-state index contributed by atoms with van der Waals surface area (Å²) in [5.74, 6) is 0. The molecule has 2 aromatic rings. The Balaban J connectivity index is 1.30. The summed E-state index contributed by atoms with van der Waals surface area (Å²) in [6.45, 7) is 6.93. The van der Waals surface area contributed by atoms with Crippen LogP contribution in [0.3, 0.4) is 0 Å². The molecule has 3 aliphatic rings. The van der Waals surface area contributed by atoms with E-state index in [0.29, 0.717) is 12.2 Å². The van der Waals surface area contributed by atoms with Crippen LogP contribution >= 0.6 is 0 Å². The van der Waals surface area contributed by atoms with E-state index in [1.807, 2.05) is 16.2 Å². The Bertz CT molecular complexity index is 902. The zero-order chi connectivity index (χ0) is 19.8. The van der Waals surface area contributed by atoms with E-state index >= 15 is 0 Å². The minimum atomic E-state index is 0.108. The van der Waals surface area contributed by atoms with E-state index in [1.54, 1.807) is 0 Å². The molecule has 3 saturated heterocycles. The SMILES string of the molecule is Cn1c(=O)n(C2CCCNC2)c2cccc(CN3CC(OC4CCNCC4)C3)c21. The lowest BCUT2D eigenvalue weighted by atomic mass is 10.1. The first-order chi connectivity index (χ1) is 14.2. The lowest BCUT2D eigenvalue weighted by molar-refractivity contribution is -0.102. The maximum atomic E-state index is 13.0. The van der Waals surface area contributed by atoms with Gasteiger partial charge in [0.2, 0.25) is 0 Å². The number of hydrogen-bond acceptors (Lipinski definition) is 5.